The first-order valence-electron chi connectivity index (χ1n) is 42.4. The van der Waals surface area contributed by atoms with E-state index < -0.39 is 97.5 Å². The van der Waals surface area contributed by atoms with Gasteiger partial charge >= 0.3 is 39.5 Å². The molecule has 0 aromatic heterocycles. The molecule has 101 heavy (non-hydrogen) atoms. The molecule has 0 rings (SSSR count). The number of esters is 4. The highest BCUT2D eigenvalue weighted by Crippen LogP contribution is 2.45. The van der Waals surface area contributed by atoms with E-state index in [0.717, 1.165) is 114 Å². The summed E-state index contributed by atoms with van der Waals surface area (Å²) < 4.78 is 68.8. The Bertz CT molecular complexity index is 1960. The molecule has 0 spiro atoms. The molecule has 0 radical (unpaired) electrons. The molecule has 0 aliphatic heterocycles. The maximum atomic E-state index is 13.1. The van der Waals surface area contributed by atoms with Crippen molar-refractivity contribution in [2.24, 2.45) is 17.8 Å². The first-order chi connectivity index (χ1) is 48.8. The van der Waals surface area contributed by atoms with E-state index in [9.17, 15) is 43.2 Å². The number of aliphatic hydroxyl groups excluding tert-OH is 1. The number of carbonyl (C=O) groups is 4. The van der Waals surface area contributed by atoms with Crippen molar-refractivity contribution in [2.75, 3.05) is 39.6 Å². The number of phosphoric ester groups is 2. The number of phosphoric acid groups is 2. The van der Waals surface area contributed by atoms with E-state index in [2.05, 4.69) is 48.5 Å². The Kier molecular flexibility index (Phi) is 70.9. The minimum Gasteiger partial charge on any atom is -0.462 e. The van der Waals surface area contributed by atoms with Crippen LogP contribution in [0, 0.1) is 17.8 Å². The Labute approximate surface area is 619 Å². The molecule has 600 valence electrons. The summed E-state index contributed by atoms with van der Waals surface area (Å²) in [5, 5.41) is 10.7. The van der Waals surface area contributed by atoms with Crippen LogP contribution in [0.3, 0.4) is 0 Å². The van der Waals surface area contributed by atoms with E-state index in [1.54, 1.807) is 0 Å². The molecule has 0 amide bonds. The summed E-state index contributed by atoms with van der Waals surface area (Å²) in [5.74, 6) is 0.198. The fraction of sp³-hybridized carbons (Fsp3) is 0.951. The summed E-state index contributed by atoms with van der Waals surface area (Å²) in [4.78, 5) is 73.1. The number of unbranched alkanes of at least 4 members (excludes halogenated alkanes) is 47. The summed E-state index contributed by atoms with van der Waals surface area (Å²) in [6.45, 7) is 11.9. The van der Waals surface area contributed by atoms with Crippen molar-refractivity contribution in [3.8, 4) is 0 Å². The normalized spacial score (nSPS) is 14.2. The van der Waals surface area contributed by atoms with Crippen molar-refractivity contribution in [2.45, 2.75) is 446 Å². The van der Waals surface area contributed by atoms with Gasteiger partial charge < -0.3 is 33.8 Å². The Morgan fingerprint density at radius 3 is 0.752 bits per heavy atom. The van der Waals surface area contributed by atoms with Crippen molar-refractivity contribution >= 4 is 39.5 Å². The molecule has 0 aliphatic rings. The quantitative estimate of drug-likeness (QED) is 0.0222. The molecule has 0 saturated carbocycles. The van der Waals surface area contributed by atoms with Crippen LogP contribution in [-0.4, -0.2) is 96.7 Å². The average molecular weight is 1480 g/mol. The Hall–Kier alpha value is -1.94. The predicted molar refractivity (Wildman–Crippen MR) is 414 cm³/mol. The summed E-state index contributed by atoms with van der Waals surface area (Å²) in [7, 11) is -9.92. The molecule has 17 nitrogen and oxygen atoms in total. The van der Waals surface area contributed by atoms with Gasteiger partial charge in [-0.2, -0.15) is 0 Å². The van der Waals surface area contributed by atoms with Crippen molar-refractivity contribution in [3.63, 3.8) is 0 Å². The van der Waals surface area contributed by atoms with Crippen LogP contribution in [-0.2, 0) is 65.4 Å². The molecular formula is C82H160O17P2. The van der Waals surface area contributed by atoms with Crippen LogP contribution in [0.4, 0.5) is 0 Å². The van der Waals surface area contributed by atoms with Crippen LogP contribution in [0.1, 0.15) is 427 Å². The number of ether oxygens (including phenoxy) is 4. The fourth-order valence-electron chi connectivity index (χ4n) is 12.6. The van der Waals surface area contributed by atoms with Crippen LogP contribution in [0.15, 0.2) is 0 Å². The molecule has 6 atom stereocenters. The summed E-state index contributed by atoms with van der Waals surface area (Å²) >= 11 is 0. The summed E-state index contributed by atoms with van der Waals surface area (Å²) in [5.41, 5.74) is 0. The second kappa shape index (κ2) is 72.3. The van der Waals surface area contributed by atoms with E-state index in [4.69, 9.17) is 37.0 Å². The third-order valence-electron chi connectivity index (χ3n) is 19.5. The summed E-state index contributed by atoms with van der Waals surface area (Å²) in [6, 6.07) is 0. The third kappa shape index (κ3) is 74.7. The standard InChI is InChI=1S/C82H160O17P2/c1-8-10-11-12-13-14-15-16-17-18-19-20-21-26-32-37-42-51-58-65-81(86)98-77(69-92-79(84)63-56-49-41-36-31-27-22-24-29-34-39-46-53-60-73(3)4)71-96-100(88,89)94-67-76(83)68-95-101(90,91)97-72-78(70-93-80(85)64-57-50-45-44-48-55-62-75(7)9-2)99-82(87)66-59-52-43-38-33-28-23-25-30-35-40-47-54-61-74(5)6/h73-78,83H,8-72H2,1-7H3,(H,88,89)(H,90,91)/t75?,76-,77-,78-/m1/s1. The molecule has 0 aliphatic carbocycles. The van der Waals surface area contributed by atoms with Crippen molar-refractivity contribution in [3.05, 3.63) is 0 Å². The zero-order valence-electron chi connectivity index (χ0n) is 66.4. The minimum absolute atomic E-state index is 0.106. The lowest BCUT2D eigenvalue weighted by molar-refractivity contribution is -0.161. The first-order valence-corrected chi connectivity index (χ1v) is 45.4. The Balaban J connectivity index is 5.25. The van der Waals surface area contributed by atoms with Crippen LogP contribution >= 0.6 is 15.6 Å². The van der Waals surface area contributed by atoms with E-state index in [1.807, 2.05) is 0 Å². The first kappa shape index (κ1) is 99.1. The Morgan fingerprint density at radius 2 is 0.505 bits per heavy atom. The van der Waals surface area contributed by atoms with Gasteiger partial charge in [0.1, 0.15) is 19.3 Å². The number of hydrogen-bond donors (Lipinski definition) is 3. The third-order valence-corrected chi connectivity index (χ3v) is 21.4. The zero-order valence-corrected chi connectivity index (χ0v) is 68.2. The highest BCUT2D eigenvalue weighted by molar-refractivity contribution is 7.47. The molecule has 0 aromatic carbocycles. The molecule has 0 aromatic rings. The molecular weight excluding hydrogens is 1320 g/mol. The van der Waals surface area contributed by atoms with Gasteiger partial charge in [0.2, 0.25) is 0 Å². The van der Waals surface area contributed by atoms with Gasteiger partial charge in [0.15, 0.2) is 12.2 Å². The highest BCUT2D eigenvalue weighted by Gasteiger charge is 2.30. The van der Waals surface area contributed by atoms with Crippen molar-refractivity contribution in [1.29, 1.82) is 0 Å². The largest absolute Gasteiger partial charge is 0.472 e. The van der Waals surface area contributed by atoms with Crippen LogP contribution in [0.25, 0.3) is 0 Å². The van der Waals surface area contributed by atoms with Gasteiger partial charge in [0, 0.05) is 25.7 Å². The van der Waals surface area contributed by atoms with Gasteiger partial charge in [0.05, 0.1) is 26.4 Å². The van der Waals surface area contributed by atoms with Gasteiger partial charge in [-0.1, -0.05) is 376 Å². The maximum Gasteiger partial charge on any atom is 0.472 e. The molecule has 3 N–H and O–H groups in total. The average Bonchev–Trinajstić information content (AvgIpc) is 0.922. The predicted octanol–water partition coefficient (Wildman–Crippen LogP) is 24.5. The van der Waals surface area contributed by atoms with Gasteiger partial charge in [0.25, 0.3) is 0 Å². The van der Waals surface area contributed by atoms with E-state index in [0.29, 0.717) is 25.7 Å². The second-order valence-corrected chi connectivity index (χ2v) is 33.6. The summed E-state index contributed by atoms with van der Waals surface area (Å²) in [6.07, 6.45) is 61.1. The fourth-order valence-corrected chi connectivity index (χ4v) is 14.2. The highest BCUT2D eigenvalue weighted by atomic mass is 31.2. The maximum absolute atomic E-state index is 13.1. The van der Waals surface area contributed by atoms with Gasteiger partial charge in [-0.3, -0.25) is 37.3 Å². The number of rotatable bonds is 80. The Morgan fingerprint density at radius 1 is 0.287 bits per heavy atom. The van der Waals surface area contributed by atoms with Crippen LogP contribution in [0.2, 0.25) is 0 Å². The lowest BCUT2D eigenvalue weighted by Gasteiger charge is -2.21. The number of carbonyl (C=O) groups excluding carboxylic acids is 4. The van der Waals surface area contributed by atoms with E-state index >= 15 is 0 Å². The van der Waals surface area contributed by atoms with E-state index in [-0.39, 0.29) is 25.7 Å². The molecule has 19 heteroatoms. The van der Waals surface area contributed by atoms with Gasteiger partial charge in [-0.15, -0.1) is 0 Å². The number of aliphatic hydroxyl groups is 1. The number of hydrogen-bond acceptors (Lipinski definition) is 15. The lowest BCUT2D eigenvalue weighted by atomic mass is 10.00. The van der Waals surface area contributed by atoms with Crippen LogP contribution < -0.4 is 0 Å². The second-order valence-electron chi connectivity index (χ2n) is 30.7. The zero-order chi connectivity index (χ0) is 74.4. The molecule has 0 heterocycles. The monoisotopic (exact) mass is 1480 g/mol. The molecule has 3 unspecified atom stereocenters. The van der Waals surface area contributed by atoms with Crippen LogP contribution in [0.5, 0.6) is 0 Å². The topological polar surface area (TPSA) is 237 Å². The lowest BCUT2D eigenvalue weighted by Crippen LogP contribution is -2.30. The SMILES string of the molecule is CCCCCCCCCCCCCCCCCCCCCC(=O)O[C@H](COC(=O)CCCCCCCCCCCCCCCC(C)C)COP(=O)(O)OC[C@@H](O)COP(=O)(O)OC[C@@H](COC(=O)CCCCCCCCC(C)CC)OC(=O)CCCCCCCCCCCCCCCC(C)C. The minimum atomic E-state index is -4.96. The molecule has 0 bridgehead atoms. The van der Waals surface area contributed by atoms with E-state index in [1.165, 1.54) is 231 Å². The van der Waals surface area contributed by atoms with Crippen molar-refractivity contribution < 1.29 is 80.2 Å². The van der Waals surface area contributed by atoms with Crippen molar-refractivity contribution in [1.82, 2.24) is 0 Å². The van der Waals surface area contributed by atoms with Gasteiger partial charge in [-0.05, 0) is 43.4 Å². The smallest absolute Gasteiger partial charge is 0.462 e. The molecule has 0 saturated heterocycles. The van der Waals surface area contributed by atoms with Gasteiger partial charge in [-0.25, -0.2) is 9.13 Å². The molecule has 0 fully saturated rings.